The predicted molar refractivity (Wildman–Crippen MR) is 77.1 cm³/mol. The summed E-state index contributed by atoms with van der Waals surface area (Å²) < 4.78 is 13.3. The molecule has 4 nitrogen and oxygen atoms in total. The van der Waals surface area contributed by atoms with Crippen LogP contribution in [-0.2, 0) is 0 Å². The Morgan fingerprint density at radius 2 is 2.10 bits per heavy atom. The molecule has 0 spiro atoms. The Morgan fingerprint density at radius 1 is 1.40 bits per heavy atom. The maximum atomic E-state index is 13.3. The maximum Gasteiger partial charge on any atom is 0.251 e. The van der Waals surface area contributed by atoms with Crippen LogP contribution in [0.2, 0.25) is 0 Å². The Labute approximate surface area is 119 Å². The Bertz CT molecular complexity index is 450. The normalized spacial score (nSPS) is 17.1. The number of aryl methyl sites for hydroxylation is 1. The molecule has 0 saturated carbocycles. The van der Waals surface area contributed by atoms with Gasteiger partial charge in [-0.25, -0.2) is 4.39 Å². The third kappa shape index (κ3) is 4.02. The molecule has 1 heterocycles. The van der Waals surface area contributed by atoms with Crippen molar-refractivity contribution in [3.8, 4) is 0 Å². The van der Waals surface area contributed by atoms with E-state index in [2.05, 4.69) is 10.2 Å². The number of nitrogens with two attached hydrogens (primary N) is 1. The molecule has 1 fully saturated rings. The fourth-order valence-corrected chi connectivity index (χ4v) is 2.62. The van der Waals surface area contributed by atoms with Crippen molar-refractivity contribution in [2.24, 2.45) is 5.73 Å². The van der Waals surface area contributed by atoms with Crippen LogP contribution < -0.4 is 11.1 Å². The Kier molecular flexibility index (Phi) is 5.09. The smallest absolute Gasteiger partial charge is 0.251 e. The molecular formula is C15H22FN3O. The van der Waals surface area contributed by atoms with Crippen molar-refractivity contribution < 1.29 is 9.18 Å². The van der Waals surface area contributed by atoms with E-state index in [1.165, 1.54) is 12.1 Å². The predicted octanol–water partition coefficient (Wildman–Crippen LogP) is 1.29. The highest BCUT2D eigenvalue weighted by Gasteiger charge is 2.20. The fourth-order valence-electron chi connectivity index (χ4n) is 2.62. The zero-order valence-electron chi connectivity index (χ0n) is 11.9. The summed E-state index contributed by atoms with van der Waals surface area (Å²) in [6.45, 7) is 5.25. The number of hydrogen-bond acceptors (Lipinski definition) is 3. The van der Waals surface area contributed by atoms with Gasteiger partial charge in [-0.05, 0) is 43.5 Å². The average molecular weight is 279 g/mol. The molecule has 1 aliphatic rings. The summed E-state index contributed by atoms with van der Waals surface area (Å²) in [5, 5.41) is 2.99. The first-order chi connectivity index (χ1) is 9.58. The highest BCUT2D eigenvalue weighted by atomic mass is 19.1. The highest BCUT2D eigenvalue weighted by Crippen LogP contribution is 2.12. The van der Waals surface area contributed by atoms with Gasteiger partial charge in [-0.1, -0.05) is 0 Å². The summed E-state index contributed by atoms with van der Waals surface area (Å²) in [5.41, 5.74) is 6.68. The number of carbonyl (C=O) groups is 1. The van der Waals surface area contributed by atoms with Gasteiger partial charge in [-0.15, -0.1) is 0 Å². The molecule has 0 bridgehead atoms. The lowest BCUT2D eigenvalue weighted by atomic mass is 10.0. The minimum Gasteiger partial charge on any atom is -0.349 e. The first-order valence-electron chi connectivity index (χ1n) is 7.09. The first-order valence-corrected chi connectivity index (χ1v) is 7.09. The molecule has 2 rings (SSSR count). The molecule has 0 unspecified atom stereocenters. The fraction of sp³-hybridized carbons (Fsp3) is 0.533. The maximum absolute atomic E-state index is 13.3. The van der Waals surface area contributed by atoms with Gasteiger partial charge in [-0.3, -0.25) is 4.79 Å². The van der Waals surface area contributed by atoms with Crippen molar-refractivity contribution in [1.82, 2.24) is 10.2 Å². The minimum absolute atomic E-state index is 0.167. The molecular weight excluding hydrogens is 257 g/mol. The Hall–Kier alpha value is -1.46. The molecule has 5 heteroatoms. The van der Waals surface area contributed by atoms with E-state index in [1.54, 1.807) is 13.0 Å². The average Bonchev–Trinajstić information content (AvgIpc) is 2.40. The molecule has 20 heavy (non-hydrogen) atoms. The van der Waals surface area contributed by atoms with E-state index < -0.39 is 0 Å². The van der Waals surface area contributed by atoms with Crippen LogP contribution in [0.1, 0.15) is 28.8 Å². The number of benzene rings is 1. The molecule has 110 valence electrons. The Balaban J connectivity index is 1.89. The molecule has 0 aliphatic carbocycles. The van der Waals surface area contributed by atoms with Crippen molar-refractivity contribution >= 4 is 5.91 Å². The van der Waals surface area contributed by atoms with E-state index in [4.69, 9.17) is 5.73 Å². The molecule has 1 aromatic rings. The Morgan fingerprint density at radius 3 is 2.70 bits per heavy atom. The molecule has 3 N–H and O–H groups in total. The van der Waals surface area contributed by atoms with Crippen molar-refractivity contribution in [2.45, 2.75) is 25.8 Å². The summed E-state index contributed by atoms with van der Waals surface area (Å²) in [4.78, 5) is 14.4. The summed E-state index contributed by atoms with van der Waals surface area (Å²) >= 11 is 0. The second kappa shape index (κ2) is 6.81. The van der Waals surface area contributed by atoms with Gasteiger partial charge in [0.1, 0.15) is 5.82 Å². The number of likely N-dealkylation sites (tertiary alicyclic amines) is 1. The van der Waals surface area contributed by atoms with Gasteiger partial charge in [0.05, 0.1) is 0 Å². The molecule has 0 radical (unpaired) electrons. The van der Waals surface area contributed by atoms with Crippen LogP contribution in [0.4, 0.5) is 4.39 Å². The number of nitrogens with zero attached hydrogens (tertiary/aromatic N) is 1. The minimum atomic E-state index is -0.368. The lowest BCUT2D eigenvalue weighted by molar-refractivity contribution is 0.0911. The van der Waals surface area contributed by atoms with E-state index in [-0.39, 0.29) is 17.8 Å². The van der Waals surface area contributed by atoms with Crippen LogP contribution in [0.15, 0.2) is 18.2 Å². The van der Waals surface area contributed by atoms with E-state index in [1.807, 2.05) is 0 Å². The van der Waals surface area contributed by atoms with E-state index in [0.29, 0.717) is 12.1 Å². The third-order valence-electron chi connectivity index (χ3n) is 3.67. The van der Waals surface area contributed by atoms with Crippen LogP contribution >= 0.6 is 0 Å². The van der Waals surface area contributed by atoms with Crippen LogP contribution in [0.25, 0.3) is 0 Å². The van der Waals surface area contributed by atoms with Gasteiger partial charge >= 0.3 is 0 Å². The van der Waals surface area contributed by atoms with Crippen LogP contribution in [0, 0.1) is 12.7 Å². The van der Waals surface area contributed by atoms with Crippen molar-refractivity contribution in [1.29, 1.82) is 0 Å². The lowest BCUT2D eigenvalue weighted by Gasteiger charge is -2.32. The number of hydrogen-bond donors (Lipinski definition) is 2. The number of piperidine rings is 1. The van der Waals surface area contributed by atoms with Gasteiger partial charge in [0.2, 0.25) is 0 Å². The summed E-state index contributed by atoms with van der Waals surface area (Å²) in [6.07, 6.45) is 1.83. The number of rotatable bonds is 4. The van der Waals surface area contributed by atoms with Crippen molar-refractivity contribution in [2.75, 3.05) is 26.2 Å². The SMILES string of the molecule is Cc1cc(F)cc(C(=O)NC2CCN(CCN)CC2)c1. The van der Waals surface area contributed by atoms with Crippen LogP contribution in [0.3, 0.4) is 0 Å². The molecule has 0 atom stereocenters. The first kappa shape index (κ1) is 14.9. The number of amides is 1. The molecule has 1 amide bonds. The summed E-state index contributed by atoms with van der Waals surface area (Å²) in [5.74, 6) is -0.558. The van der Waals surface area contributed by atoms with E-state index in [9.17, 15) is 9.18 Å². The molecule has 1 aromatic carbocycles. The number of halogens is 1. The zero-order chi connectivity index (χ0) is 14.5. The highest BCUT2D eigenvalue weighted by molar-refractivity contribution is 5.94. The van der Waals surface area contributed by atoms with Crippen molar-refractivity contribution in [3.63, 3.8) is 0 Å². The van der Waals surface area contributed by atoms with Crippen LogP contribution in [-0.4, -0.2) is 43.0 Å². The summed E-state index contributed by atoms with van der Waals surface area (Å²) in [7, 11) is 0. The third-order valence-corrected chi connectivity index (χ3v) is 3.67. The zero-order valence-corrected chi connectivity index (χ0v) is 11.9. The lowest BCUT2D eigenvalue weighted by Crippen LogP contribution is -2.45. The summed E-state index contributed by atoms with van der Waals surface area (Å²) in [6, 6.07) is 4.58. The number of carbonyl (C=O) groups excluding carboxylic acids is 1. The second-order valence-corrected chi connectivity index (χ2v) is 5.40. The standard InChI is InChI=1S/C15H22FN3O/c1-11-8-12(10-13(16)9-11)15(20)18-14-2-5-19(6-3-14)7-4-17/h8-10,14H,2-7,17H2,1H3,(H,18,20). The van der Waals surface area contributed by atoms with E-state index in [0.717, 1.165) is 38.0 Å². The van der Waals surface area contributed by atoms with Crippen LogP contribution in [0.5, 0.6) is 0 Å². The van der Waals surface area contributed by atoms with Gasteiger partial charge < -0.3 is 16.0 Å². The topological polar surface area (TPSA) is 58.4 Å². The second-order valence-electron chi connectivity index (χ2n) is 5.40. The largest absolute Gasteiger partial charge is 0.349 e. The monoisotopic (exact) mass is 279 g/mol. The van der Waals surface area contributed by atoms with Gasteiger partial charge in [0.15, 0.2) is 0 Å². The quantitative estimate of drug-likeness (QED) is 0.873. The van der Waals surface area contributed by atoms with Crippen molar-refractivity contribution in [3.05, 3.63) is 35.1 Å². The van der Waals surface area contributed by atoms with Gasteiger partial charge in [0, 0.05) is 37.8 Å². The van der Waals surface area contributed by atoms with Gasteiger partial charge in [0.25, 0.3) is 5.91 Å². The molecule has 1 saturated heterocycles. The number of nitrogens with one attached hydrogen (secondary N) is 1. The van der Waals surface area contributed by atoms with Gasteiger partial charge in [-0.2, -0.15) is 0 Å². The molecule has 0 aromatic heterocycles. The van der Waals surface area contributed by atoms with E-state index >= 15 is 0 Å². The molecule has 1 aliphatic heterocycles.